The molecule has 0 unspecified atom stereocenters. The zero-order chi connectivity index (χ0) is 14.2. The van der Waals surface area contributed by atoms with Crippen LogP contribution in [0.25, 0.3) is 11.0 Å². The van der Waals surface area contributed by atoms with Crippen molar-refractivity contribution in [2.45, 2.75) is 31.5 Å². The molecule has 0 aromatic carbocycles. The van der Waals surface area contributed by atoms with Crippen LogP contribution in [0.2, 0.25) is 0 Å². The molecule has 0 amide bonds. The lowest BCUT2D eigenvalue weighted by Crippen LogP contribution is -2.27. The summed E-state index contributed by atoms with van der Waals surface area (Å²) in [6, 6.07) is 0. The van der Waals surface area contributed by atoms with E-state index in [1.54, 1.807) is 27.0 Å². The number of hydrogen-bond donors (Lipinski definition) is 0. The SMILES string of the molecule is CSc1ncc2c(Br)nn(C(=O)OC(C)(C)C)c2n1. The molecule has 0 aliphatic carbocycles. The summed E-state index contributed by atoms with van der Waals surface area (Å²) in [4.78, 5) is 20.5. The Morgan fingerprint density at radius 2 is 2.16 bits per heavy atom. The highest BCUT2D eigenvalue weighted by molar-refractivity contribution is 9.10. The number of thioether (sulfide) groups is 1. The monoisotopic (exact) mass is 344 g/mol. The van der Waals surface area contributed by atoms with Crippen molar-refractivity contribution in [1.82, 2.24) is 19.7 Å². The van der Waals surface area contributed by atoms with Gasteiger partial charge in [0.1, 0.15) is 10.2 Å². The van der Waals surface area contributed by atoms with Crippen molar-refractivity contribution in [3.8, 4) is 0 Å². The third-order valence-corrected chi connectivity index (χ3v) is 3.25. The van der Waals surface area contributed by atoms with Crippen LogP contribution in [0.3, 0.4) is 0 Å². The minimum Gasteiger partial charge on any atom is -0.442 e. The van der Waals surface area contributed by atoms with E-state index in [4.69, 9.17) is 4.74 Å². The molecule has 0 radical (unpaired) electrons. The zero-order valence-corrected chi connectivity index (χ0v) is 13.4. The number of aromatic nitrogens is 4. The summed E-state index contributed by atoms with van der Waals surface area (Å²) in [6.45, 7) is 5.40. The molecule has 0 saturated carbocycles. The normalized spacial score (nSPS) is 11.8. The first-order valence-electron chi connectivity index (χ1n) is 5.50. The van der Waals surface area contributed by atoms with Gasteiger partial charge < -0.3 is 4.74 Å². The second-order valence-corrected chi connectivity index (χ2v) is 6.30. The van der Waals surface area contributed by atoms with Gasteiger partial charge in [-0.1, -0.05) is 11.8 Å². The largest absolute Gasteiger partial charge is 0.442 e. The highest BCUT2D eigenvalue weighted by atomic mass is 79.9. The van der Waals surface area contributed by atoms with Gasteiger partial charge in [0, 0.05) is 6.20 Å². The maximum Gasteiger partial charge on any atom is 0.437 e. The van der Waals surface area contributed by atoms with E-state index >= 15 is 0 Å². The number of halogens is 1. The summed E-state index contributed by atoms with van der Waals surface area (Å²) in [5.41, 5.74) is -0.155. The van der Waals surface area contributed by atoms with Crippen molar-refractivity contribution in [1.29, 1.82) is 0 Å². The first kappa shape index (κ1) is 14.3. The molecule has 0 bridgehead atoms. The summed E-state index contributed by atoms with van der Waals surface area (Å²) in [7, 11) is 0. The quantitative estimate of drug-likeness (QED) is 0.584. The Bertz CT molecular complexity index is 635. The maximum atomic E-state index is 12.1. The summed E-state index contributed by atoms with van der Waals surface area (Å²) in [6.07, 6.45) is 2.94. The van der Waals surface area contributed by atoms with E-state index in [0.29, 0.717) is 20.8 Å². The molecule has 2 rings (SSSR count). The standard InChI is InChI=1S/C11H13BrN4O2S/c1-11(2,3)18-10(17)16-8-6(7(12)15-16)5-13-9(14-8)19-4/h5H,1-4H3. The van der Waals surface area contributed by atoms with Crippen LogP contribution < -0.4 is 0 Å². The number of carbonyl (C=O) groups excluding carboxylic acids is 1. The molecule has 8 heteroatoms. The van der Waals surface area contributed by atoms with E-state index in [-0.39, 0.29) is 0 Å². The number of hydrogen-bond acceptors (Lipinski definition) is 6. The van der Waals surface area contributed by atoms with Crippen LogP contribution in [-0.2, 0) is 4.74 Å². The maximum absolute atomic E-state index is 12.1. The lowest BCUT2D eigenvalue weighted by atomic mass is 10.2. The van der Waals surface area contributed by atoms with Crippen LogP contribution >= 0.6 is 27.7 Å². The minimum absolute atomic E-state index is 0.431. The number of ether oxygens (including phenoxy) is 1. The van der Waals surface area contributed by atoms with Gasteiger partial charge in [-0.25, -0.2) is 14.8 Å². The molecule has 6 nitrogen and oxygen atoms in total. The molecular weight excluding hydrogens is 332 g/mol. The van der Waals surface area contributed by atoms with Gasteiger partial charge >= 0.3 is 6.09 Å². The fourth-order valence-corrected chi connectivity index (χ4v) is 2.16. The average molecular weight is 345 g/mol. The second kappa shape index (κ2) is 5.09. The van der Waals surface area contributed by atoms with Gasteiger partial charge in [-0.3, -0.25) is 0 Å². The number of carbonyl (C=O) groups is 1. The van der Waals surface area contributed by atoms with Gasteiger partial charge in [0.15, 0.2) is 10.8 Å². The third kappa shape index (κ3) is 3.06. The van der Waals surface area contributed by atoms with Crippen LogP contribution in [0.5, 0.6) is 0 Å². The van der Waals surface area contributed by atoms with Crippen molar-refractivity contribution in [3.05, 3.63) is 10.8 Å². The van der Waals surface area contributed by atoms with Crippen LogP contribution in [-0.4, -0.2) is 37.7 Å². The highest BCUT2D eigenvalue weighted by Crippen LogP contribution is 2.23. The Balaban J connectivity index is 2.51. The van der Waals surface area contributed by atoms with Crippen molar-refractivity contribution in [2.24, 2.45) is 0 Å². The zero-order valence-electron chi connectivity index (χ0n) is 11.0. The fraction of sp³-hybridized carbons (Fsp3) is 0.455. The van der Waals surface area contributed by atoms with Gasteiger partial charge in [0.2, 0.25) is 0 Å². The van der Waals surface area contributed by atoms with E-state index in [9.17, 15) is 4.79 Å². The van der Waals surface area contributed by atoms with Crippen LogP contribution in [0.4, 0.5) is 4.79 Å². The fourth-order valence-electron chi connectivity index (χ4n) is 1.38. The van der Waals surface area contributed by atoms with Gasteiger partial charge in [-0.15, -0.1) is 4.68 Å². The topological polar surface area (TPSA) is 69.9 Å². The Morgan fingerprint density at radius 1 is 1.47 bits per heavy atom. The average Bonchev–Trinajstić information content (AvgIpc) is 2.64. The molecule has 2 aromatic rings. The van der Waals surface area contributed by atoms with Crippen molar-refractivity contribution in [3.63, 3.8) is 0 Å². The molecule has 102 valence electrons. The first-order valence-corrected chi connectivity index (χ1v) is 7.52. The summed E-state index contributed by atoms with van der Waals surface area (Å²) in [5, 5.41) is 5.34. The van der Waals surface area contributed by atoms with E-state index in [1.807, 2.05) is 6.26 Å². The van der Waals surface area contributed by atoms with E-state index in [2.05, 4.69) is 31.0 Å². The highest BCUT2D eigenvalue weighted by Gasteiger charge is 2.22. The van der Waals surface area contributed by atoms with Crippen LogP contribution in [0, 0.1) is 0 Å². The third-order valence-electron chi connectivity index (χ3n) is 2.11. The summed E-state index contributed by atoms with van der Waals surface area (Å²) < 4.78 is 6.95. The Hall–Kier alpha value is -1.15. The second-order valence-electron chi connectivity index (χ2n) is 4.78. The molecule has 2 heterocycles. The molecule has 0 fully saturated rings. The lowest BCUT2D eigenvalue weighted by molar-refractivity contribution is 0.0521. The summed E-state index contributed by atoms with van der Waals surface area (Å²) >= 11 is 4.68. The molecule has 0 N–H and O–H groups in total. The lowest BCUT2D eigenvalue weighted by Gasteiger charge is -2.18. The van der Waals surface area contributed by atoms with Gasteiger partial charge in [0.05, 0.1) is 5.39 Å². The minimum atomic E-state index is -0.586. The predicted octanol–water partition coefficient (Wildman–Crippen LogP) is 3.09. The number of fused-ring (bicyclic) bond motifs is 1. The molecule has 19 heavy (non-hydrogen) atoms. The van der Waals surface area contributed by atoms with Crippen LogP contribution in [0.15, 0.2) is 16.0 Å². The van der Waals surface area contributed by atoms with Crippen molar-refractivity contribution < 1.29 is 9.53 Å². The Labute approximate surface area is 123 Å². The van der Waals surface area contributed by atoms with Crippen molar-refractivity contribution in [2.75, 3.05) is 6.26 Å². The Morgan fingerprint density at radius 3 is 2.74 bits per heavy atom. The molecule has 0 spiro atoms. The van der Waals surface area contributed by atoms with E-state index in [1.165, 1.54) is 11.8 Å². The van der Waals surface area contributed by atoms with Gasteiger partial charge in [-0.2, -0.15) is 5.10 Å². The van der Waals surface area contributed by atoms with Gasteiger partial charge in [0.25, 0.3) is 0 Å². The first-order chi connectivity index (χ1) is 8.81. The van der Waals surface area contributed by atoms with Crippen molar-refractivity contribution >= 4 is 44.8 Å². The number of nitrogens with zero attached hydrogens (tertiary/aromatic N) is 4. The van der Waals surface area contributed by atoms with Gasteiger partial charge in [-0.05, 0) is 43.0 Å². The smallest absolute Gasteiger partial charge is 0.437 e. The van der Waals surface area contributed by atoms with E-state index in [0.717, 1.165) is 4.68 Å². The van der Waals surface area contributed by atoms with E-state index < -0.39 is 11.7 Å². The Kier molecular flexibility index (Phi) is 3.82. The molecule has 0 saturated heterocycles. The molecule has 2 aromatic heterocycles. The predicted molar refractivity (Wildman–Crippen MR) is 76.4 cm³/mol. The molecule has 0 aliphatic heterocycles. The summed E-state index contributed by atoms with van der Waals surface area (Å²) in [5.74, 6) is 0. The van der Waals surface area contributed by atoms with Crippen LogP contribution in [0.1, 0.15) is 20.8 Å². The number of rotatable bonds is 1. The molecular formula is C11H13BrN4O2S. The molecule has 0 aliphatic rings. The molecule has 0 atom stereocenters.